The summed E-state index contributed by atoms with van der Waals surface area (Å²) in [4.78, 5) is 26.5. The first-order valence-corrected chi connectivity index (χ1v) is 7.73. The van der Waals surface area contributed by atoms with Crippen molar-refractivity contribution in [2.75, 3.05) is 0 Å². The Bertz CT molecular complexity index is 891. The van der Waals surface area contributed by atoms with E-state index in [-0.39, 0.29) is 11.3 Å². The van der Waals surface area contributed by atoms with Crippen LogP contribution < -0.4 is 0 Å². The van der Waals surface area contributed by atoms with E-state index < -0.39 is 10.9 Å². The molecule has 3 rings (SSSR count). The van der Waals surface area contributed by atoms with Gasteiger partial charge in [0.2, 0.25) is 0 Å². The summed E-state index contributed by atoms with van der Waals surface area (Å²) in [7, 11) is 0. The highest BCUT2D eigenvalue weighted by molar-refractivity contribution is 8.01. The number of carbonyl (C=O) groups is 1. The van der Waals surface area contributed by atoms with Gasteiger partial charge in [-0.05, 0) is 18.2 Å². The summed E-state index contributed by atoms with van der Waals surface area (Å²) in [6, 6.07) is 11.1. The minimum absolute atomic E-state index is 0.0126. The molecule has 2 aromatic carbocycles. The standard InChI is InChI=1S/C14H8N2O4S2/c17-13(18)9-3-1-2-4-11(9)21-14-15-10-6-5-8(16(19)20)7-12(10)22-14/h1-7H,(H,17,18). The first-order chi connectivity index (χ1) is 10.5. The number of carboxylic acids is 1. The van der Waals surface area contributed by atoms with Crippen molar-refractivity contribution < 1.29 is 14.8 Å². The van der Waals surface area contributed by atoms with Gasteiger partial charge in [-0.3, -0.25) is 10.1 Å². The van der Waals surface area contributed by atoms with Gasteiger partial charge in [0.05, 0.1) is 20.7 Å². The third-order valence-corrected chi connectivity index (χ3v) is 5.03. The molecule has 0 amide bonds. The molecule has 1 heterocycles. The minimum Gasteiger partial charge on any atom is -0.478 e. The molecule has 22 heavy (non-hydrogen) atoms. The molecule has 1 N–H and O–H groups in total. The first kappa shape index (κ1) is 14.5. The highest BCUT2D eigenvalue weighted by Gasteiger charge is 2.14. The highest BCUT2D eigenvalue weighted by Crippen LogP contribution is 2.36. The van der Waals surface area contributed by atoms with E-state index in [0.29, 0.717) is 19.5 Å². The molecule has 0 radical (unpaired) electrons. The molecule has 0 saturated heterocycles. The average Bonchev–Trinajstić information content (AvgIpc) is 2.88. The Morgan fingerprint density at radius 3 is 2.77 bits per heavy atom. The van der Waals surface area contributed by atoms with Gasteiger partial charge in [-0.1, -0.05) is 23.9 Å². The summed E-state index contributed by atoms with van der Waals surface area (Å²) < 4.78 is 1.34. The molecule has 0 unspecified atom stereocenters. The van der Waals surface area contributed by atoms with Crippen LogP contribution >= 0.6 is 23.1 Å². The Morgan fingerprint density at radius 2 is 2.05 bits per heavy atom. The highest BCUT2D eigenvalue weighted by atomic mass is 32.2. The fourth-order valence-electron chi connectivity index (χ4n) is 1.88. The van der Waals surface area contributed by atoms with E-state index in [1.165, 1.54) is 41.3 Å². The number of hydrogen-bond acceptors (Lipinski definition) is 6. The van der Waals surface area contributed by atoms with Crippen LogP contribution in [0.25, 0.3) is 10.2 Å². The van der Waals surface area contributed by atoms with E-state index >= 15 is 0 Å². The first-order valence-electron chi connectivity index (χ1n) is 6.10. The van der Waals surface area contributed by atoms with Crippen molar-refractivity contribution >= 4 is 45.0 Å². The Balaban J connectivity index is 1.98. The molecule has 0 atom stereocenters. The number of aromatic nitrogens is 1. The maximum atomic E-state index is 11.2. The van der Waals surface area contributed by atoms with Gasteiger partial charge in [0.25, 0.3) is 5.69 Å². The minimum atomic E-state index is -1.00. The van der Waals surface area contributed by atoms with Crippen LogP contribution in [0.4, 0.5) is 5.69 Å². The zero-order valence-corrected chi connectivity index (χ0v) is 12.6. The average molecular weight is 332 g/mol. The molecule has 3 aromatic rings. The van der Waals surface area contributed by atoms with Crippen molar-refractivity contribution in [2.24, 2.45) is 0 Å². The van der Waals surface area contributed by atoms with Gasteiger partial charge in [-0.25, -0.2) is 9.78 Å². The third-order valence-electron chi connectivity index (χ3n) is 2.88. The molecular formula is C14H8N2O4S2. The quantitative estimate of drug-likeness (QED) is 0.572. The van der Waals surface area contributed by atoms with Gasteiger partial charge in [0.1, 0.15) is 0 Å². The largest absolute Gasteiger partial charge is 0.478 e. The summed E-state index contributed by atoms with van der Waals surface area (Å²) in [5.41, 5.74) is 0.877. The van der Waals surface area contributed by atoms with E-state index in [4.69, 9.17) is 0 Å². The number of nitrogens with zero attached hydrogens (tertiary/aromatic N) is 2. The van der Waals surface area contributed by atoms with E-state index in [0.717, 1.165) is 0 Å². The van der Waals surface area contributed by atoms with Crippen molar-refractivity contribution in [3.8, 4) is 0 Å². The zero-order chi connectivity index (χ0) is 15.7. The third kappa shape index (κ3) is 2.78. The van der Waals surface area contributed by atoms with Gasteiger partial charge in [-0.15, -0.1) is 11.3 Å². The number of thiazole rings is 1. The van der Waals surface area contributed by atoms with Crippen LogP contribution in [0.15, 0.2) is 51.7 Å². The molecule has 0 fully saturated rings. The van der Waals surface area contributed by atoms with Crippen molar-refractivity contribution in [3.63, 3.8) is 0 Å². The molecular weight excluding hydrogens is 324 g/mol. The maximum absolute atomic E-state index is 11.2. The molecule has 0 aliphatic rings. The Hall–Kier alpha value is -2.45. The monoisotopic (exact) mass is 332 g/mol. The number of benzene rings is 2. The summed E-state index contributed by atoms with van der Waals surface area (Å²) in [6.07, 6.45) is 0. The maximum Gasteiger partial charge on any atom is 0.336 e. The van der Waals surface area contributed by atoms with Crippen molar-refractivity contribution in [1.29, 1.82) is 0 Å². The summed E-state index contributed by atoms with van der Waals surface area (Å²) in [5, 5.41) is 20.0. The lowest BCUT2D eigenvalue weighted by atomic mass is 10.2. The summed E-state index contributed by atoms with van der Waals surface area (Å²) in [6.45, 7) is 0. The number of nitro groups is 1. The SMILES string of the molecule is O=C(O)c1ccccc1Sc1nc2ccc([N+](=O)[O-])cc2s1. The normalized spacial score (nSPS) is 10.7. The molecule has 0 saturated carbocycles. The van der Waals surface area contributed by atoms with Gasteiger partial charge >= 0.3 is 5.97 Å². The van der Waals surface area contributed by atoms with E-state index in [1.54, 1.807) is 24.3 Å². The van der Waals surface area contributed by atoms with Crippen molar-refractivity contribution in [3.05, 3.63) is 58.1 Å². The van der Waals surface area contributed by atoms with E-state index in [2.05, 4.69) is 4.98 Å². The van der Waals surface area contributed by atoms with Gasteiger partial charge in [0, 0.05) is 17.0 Å². The van der Waals surface area contributed by atoms with Gasteiger partial charge in [0.15, 0.2) is 4.34 Å². The van der Waals surface area contributed by atoms with Crippen molar-refractivity contribution in [1.82, 2.24) is 4.98 Å². The lowest BCUT2D eigenvalue weighted by Crippen LogP contribution is -1.97. The Labute approximate surface area is 132 Å². The van der Waals surface area contributed by atoms with Crippen LogP contribution in [0, 0.1) is 10.1 Å². The second-order valence-electron chi connectivity index (χ2n) is 4.29. The fraction of sp³-hybridized carbons (Fsp3) is 0. The molecule has 1 aromatic heterocycles. The number of hydrogen-bond donors (Lipinski definition) is 1. The lowest BCUT2D eigenvalue weighted by Gasteiger charge is -2.02. The van der Waals surface area contributed by atoms with Crippen LogP contribution in [0.2, 0.25) is 0 Å². The Kier molecular flexibility index (Phi) is 3.78. The van der Waals surface area contributed by atoms with Crippen LogP contribution in [0.3, 0.4) is 0 Å². The second kappa shape index (κ2) is 5.74. The molecule has 110 valence electrons. The van der Waals surface area contributed by atoms with Crippen LogP contribution in [0.1, 0.15) is 10.4 Å². The van der Waals surface area contributed by atoms with Crippen LogP contribution in [-0.4, -0.2) is 21.0 Å². The topological polar surface area (TPSA) is 93.3 Å². The number of nitro benzene ring substituents is 1. The molecule has 0 spiro atoms. The van der Waals surface area contributed by atoms with E-state index in [9.17, 15) is 20.0 Å². The number of rotatable bonds is 4. The summed E-state index contributed by atoms with van der Waals surface area (Å²) >= 11 is 2.54. The van der Waals surface area contributed by atoms with Crippen LogP contribution in [0.5, 0.6) is 0 Å². The predicted molar refractivity (Wildman–Crippen MR) is 83.8 cm³/mol. The zero-order valence-electron chi connectivity index (χ0n) is 10.9. The molecule has 6 nitrogen and oxygen atoms in total. The molecule has 0 aliphatic carbocycles. The number of fused-ring (bicyclic) bond motifs is 1. The smallest absolute Gasteiger partial charge is 0.336 e. The lowest BCUT2D eigenvalue weighted by molar-refractivity contribution is -0.384. The summed E-state index contributed by atoms with van der Waals surface area (Å²) in [5.74, 6) is -1.00. The number of aromatic carboxylic acids is 1. The van der Waals surface area contributed by atoms with E-state index in [1.807, 2.05) is 0 Å². The van der Waals surface area contributed by atoms with Gasteiger partial charge in [-0.2, -0.15) is 0 Å². The second-order valence-corrected chi connectivity index (χ2v) is 6.61. The van der Waals surface area contributed by atoms with Gasteiger partial charge < -0.3 is 5.11 Å². The fourth-order valence-corrected chi connectivity index (χ4v) is 4.06. The van der Waals surface area contributed by atoms with Crippen molar-refractivity contribution in [2.45, 2.75) is 9.24 Å². The number of non-ortho nitro benzene ring substituents is 1. The molecule has 0 bridgehead atoms. The predicted octanol–water partition coefficient (Wildman–Crippen LogP) is 4.05. The van der Waals surface area contributed by atoms with Crippen LogP contribution in [-0.2, 0) is 0 Å². The molecule has 0 aliphatic heterocycles. The number of carboxylic acid groups (broad SMARTS) is 1. The molecule has 8 heteroatoms. The Morgan fingerprint density at radius 1 is 1.27 bits per heavy atom.